The third kappa shape index (κ3) is 3.06. The number of hydrogen-bond donors (Lipinski definition) is 0. The third-order valence-corrected chi connectivity index (χ3v) is 7.42. The Labute approximate surface area is 185 Å². The molecule has 1 aromatic heterocycles. The highest BCUT2D eigenvalue weighted by Gasteiger charge is 2.42. The van der Waals surface area contributed by atoms with E-state index in [9.17, 15) is 9.00 Å². The van der Waals surface area contributed by atoms with Gasteiger partial charge in [-0.05, 0) is 43.4 Å². The first-order valence-corrected chi connectivity index (χ1v) is 11.2. The first-order chi connectivity index (χ1) is 14.6. The third-order valence-electron chi connectivity index (χ3n) is 6.06. The van der Waals surface area contributed by atoms with Crippen molar-refractivity contribution in [2.75, 3.05) is 28.3 Å². The predicted molar refractivity (Wildman–Crippen MR) is 125 cm³/mol. The molecule has 1 aliphatic rings. The van der Waals surface area contributed by atoms with Gasteiger partial charge in [0, 0.05) is 47.9 Å². The lowest BCUT2D eigenvalue weighted by Crippen LogP contribution is -2.32. The average Bonchev–Trinajstić information content (AvgIpc) is 3.04. The van der Waals surface area contributed by atoms with Gasteiger partial charge in [0.15, 0.2) is 5.78 Å². The van der Waals surface area contributed by atoms with Gasteiger partial charge in [0.25, 0.3) is 0 Å². The van der Waals surface area contributed by atoms with Crippen molar-refractivity contribution < 1.29 is 13.7 Å². The second-order valence-corrected chi connectivity index (χ2v) is 10.2. The summed E-state index contributed by atoms with van der Waals surface area (Å²) in [7, 11) is 7.35. The zero-order valence-electron chi connectivity index (χ0n) is 18.9. The number of nitrogens with zero attached hydrogens (tertiary/aromatic N) is 3. The van der Waals surface area contributed by atoms with E-state index >= 15 is 0 Å². The summed E-state index contributed by atoms with van der Waals surface area (Å²) in [4.78, 5) is 18.4. The molecule has 31 heavy (non-hydrogen) atoms. The normalized spacial score (nSPS) is 16.1. The van der Waals surface area contributed by atoms with Crippen LogP contribution in [0.5, 0.6) is 5.75 Å². The molecule has 0 aliphatic heterocycles. The maximum absolute atomic E-state index is 13.8. The predicted octanol–water partition coefficient (Wildman–Crippen LogP) is 3.69. The molecule has 0 N–H and O–H groups in total. The Morgan fingerprint density at radius 3 is 2.52 bits per heavy atom. The fourth-order valence-corrected chi connectivity index (χ4v) is 5.59. The molecule has 7 heteroatoms. The summed E-state index contributed by atoms with van der Waals surface area (Å²) in [6.45, 7) is 4.23. The van der Waals surface area contributed by atoms with E-state index in [1.54, 1.807) is 44.8 Å². The minimum Gasteiger partial charge on any atom is -0.495 e. The van der Waals surface area contributed by atoms with Gasteiger partial charge in [-0.25, -0.2) is 8.51 Å². The lowest BCUT2D eigenvalue weighted by Gasteiger charge is -2.34. The summed E-state index contributed by atoms with van der Waals surface area (Å²) in [5.41, 5.74) is 4.66. The molecule has 4 rings (SSSR count). The highest BCUT2D eigenvalue weighted by atomic mass is 32.2. The molecule has 0 fully saturated rings. The van der Waals surface area contributed by atoms with Gasteiger partial charge in [0.05, 0.1) is 17.6 Å². The minimum atomic E-state index is -1.43. The molecule has 162 valence electrons. The summed E-state index contributed by atoms with van der Waals surface area (Å²) in [6.07, 6.45) is 1.81. The highest BCUT2D eigenvalue weighted by molar-refractivity contribution is 7.82. The number of ketones is 1. The Kier molecular flexibility index (Phi) is 5.14. The van der Waals surface area contributed by atoms with E-state index in [-0.39, 0.29) is 5.78 Å². The number of benzene rings is 2. The second kappa shape index (κ2) is 7.43. The van der Waals surface area contributed by atoms with Gasteiger partial charge in [-0.15, -0.1) is 0 Å². The largest absolute Gasteiger partial charge is 0.495 e. The minimum absolute atomic E-state index is 0.0495. The molecule has 3 aromatic rings. The van der Waals surface area contributed by atoms with Crippen molar-refractivity contribution in [1.82, 2.24) is 8.87 Å². The van der Waals surface area contributed by atoms with Crippen LogP contribution >= 0.6 is 0 Å². The first kappa shape index (κ1) is 21.5. The smallest absolute Gasteiger partial charge is 0.195 e. The van der Waals surface area contributed by atoms with E-state index in [4.69, 9.17) is 4.74 Å². The summed E-state index contributed by atoms with van der Waals surface area (Å²) < 4.78 is 22.2. The van der Waals surface area contributed by atoms with Crippen molar-refractivity contribution in [2.24, 2.45) is 12.0 Å². The molecule has 1 unspecified atom stereocenters. The van der Waals surface area contributed by atoms with Gasteiger partial charge in [-0.1, -0.05) is 26.0 Å². The van der Waals surface area contributed by atoms with Gasteiger partial charge in [-0.3, -0.25) is 9.79 Å². The van der Waals surface area contributed by atoms with Crippen LogP contribution in [-0.4, -0.2) is 53.3 Å². The lowest BCUT2D eigenvalue weighted by molar-refractivity contribution is 0.103. The average molecular weight is 438 g/mol. The molecule has 0 spiro atoms. The van der Waals surface area contributed by atoms with Gasteiger partial charge in [0.1, 0.15) is 16.7 Å². The molecular formula is C24H27N3O3S. The van der Waals surface area contributed by atoms with Crippen LogP contribution in [0.2, 0.25) is 0 Å². The van der Waals surface area contributed by atoms with Crippen LogP contribution in [0.15, 0.2) is 40.2 Å². The monoisotopic (exact) mass is 437 g/mol. The number of hydrogen-bond acceptors (Lipinski definition) is 4. The molecule has 0 saturated carbocycles. The number of aliphatic imine (C=N–C) groups is 1. The van der Waals surface area contributed by atoms with Crippen LogP contribution in [0.3, 0.4) is 0 Å². The summed E-state index contributed by atoms with van der Waals surface area (Å²) in [5, 5.41) is 0.917. The molecule has 1 aliphatic carbocycles. The number of rotatable bonds is 4. The van der Waals surface area contributed by atoms with E-state index in [2.05, 4.69) is 29.5 Å². The number of aryl methyl sites for hydroxylation is 1. The Morgan fingerprint density at radius 2 is 1.90 bits per heavy atom. The highest BCUT2D eigenvalue weighted by Crippen LogP contribution is 2.47. The van der Waals surface area contributed by atoms with Crippen LogP contribution in [0.1, 0.15) is 46.6 Å². The number of carbonyl (C=O) groups excluding carboxylic acids is 1. The number of ether oxygens (including phenoxy) is 1. The van der Waals surface area contributed by atoms with Crippen molar-refractivity contribution >= 4 is 33.9 Å². The van der Waals surface area contributed by atoms with Crippen molar-refractivity contribution in [1.29, 1.82) is 0 Å². The zero-order valence-corrected chi connectivity index (χ0v) is 19.8. The van der Waals surface area contributed by atoms with E-state index in [1.807, 2.05) is 25.2 Å². The van der Waals surface area contributed by atoms with E-state index in [1.165, 1.54) is 0 Å². The molecule has 0 saturated heterocycles. The van der Waals surface area contributed by atoms with Crippen LogP contribution in [0, 0.1) is 0 Å². The first-order valence-electron chi connectivity index (χ1n) is 10.0. The number of fused-ring (bicyclic) bond motifs is 4. The van der Waals surface area contributed by atoms with Crippen molar-refractivity contribution in [3.63, 3.8) is 0 Å². The number of methoxy groups -OCH3 is 1. The summed E-state index contributed by atoms with van der Waals surface area (Å²) >= 11 is 0. The van der Waals surface area contributed by atoms with E-state index < -0.39 is 16.4 Å². The van der Waals surface area contributed by atoms with Crippen LogP contribution in [0.25, 0.3) is 10.9 Å². The summed E-state index contributed by atoms with van der Waals surface area (Å²) in [5.74, 6) is 0.474. The standard InChI is InChI=1S/C24H27N3O3S/c1-24(2)17-12-19(30-7)20(31(29)26(4)5)11-16(17)22(28)21-15-9-8-14(13-25-3)10-18(15)27(6)23(21)24/h8-13H,1-7H3. The van der Waals surface area contributed by atoms with Gasteiger partial charge < -0.3 is 9.30 Å². The molecule has 1 atom stereocenters. The van der Waals surface area contributed by atoms with Crippen LogP contribution in [0.4, 0.5) is 0 Å². The number of carbonyl (C=O) groups is 1. The quantitative estimate of drug-likeness (QED) is 0.585. The lowest BCUT2D eigenvalue weighted by atomic mass is 9.71. The van der Waals surface area contributed by atoms with Gasteiger partial charge in [-0.2, -0.15) is 0 Å². The van der Waals surface area contributed by atoms with Crippen LogP contribution < -0.4 is 4.74 Å². The van der Waals surface area contributed by atoms with E-state index in [0.717, 1.165) is 27.7 Å². The molecular weight excluding hydrogens is 410 g/mol. The van der Waals surface area contributed by atoms with E-state index in [0.29, 0.717) is 21.8 Å². The van der Waals surface area contributed by atoms with Crippen molar-refractivity contribution in [3.8, 4) is 5.75 Å². The zero-order chi connectivity index (χ0) is 22.7. The van der Waals surface area contributed by atoms with Crippen molar-refractivity contribution in [3.05, 3.63) is 58.3 Å². The molecule has 0 amide bonds. The molecule has 6 nitrogen and oxygen atoms in total. The van der Waals surface area contributed by atoms with Crippen molar-refractivity contribution in [2.45, 2.75) is 24.2 Å². The molecule has 1 heterocycles. The molecule has 0 bridgehead atoms. The number of aromatic nitrogens is 1. The second-order valence-electron chi connectivity index (χ2n) is 8.51. The van der Waals surface area contributed by atoms with Gasteiger partial charge >= 0.3 is 0 Å². The molecule has 0 radical (unpaired) electrons. The van der Waals surface area contributed by atoms with Crippen LogP contribution in [-0.2, 0) is 23.4 Å². The fraction of sp³-hybridized carbons (Fsp3) is 0.333. The maximum atomic E-state index is 13.8. The SMILES string of the molecule is CN=Cc1ccc2c3c(n(C)c2c1)C(C)(C)c1cc(OC)c(S(=O)N(C)C)cc1C3=O. The molecule has 2 aromatic carbocycles. The Hall–Kier alpha value is -2.77. The Balaban J connectivity index is 2.05. The summed E-state index contributed by atoms with van der Waals surface area (Å²) in [6, 6.07) is 9.65. The van der Waals surface area contributed by atoms with Gasteiger partial charge in [0.2, 0.25) is 0 Å². The Bertz CT molecular complexity index is 1290. The topological polar surface area (TPSA) is 63.9 Å². The Morgan fingerprint density at radius 1 is 1.19 bits per heavy atom. The maximum Gasteiger partial charge on any atom is 0.195 e. The fourth-order valence-electron chi connectivity index (χ4n) is 4.66.